The minimum Gasteiger partial charge on any atom is -0.486 e. The molecule has 0 aromatic heterocycles. The van der Waals surface area contributed by atoms with Crippen LogP contribution in [0.25, 0.3) is 0 Å². The fraction of sp³-hybridized carbons (Fsp3) is 0.125. The second-order valence-electron chi connectivity index (χ2n) is 6.40. The first-order valence-corrected chi connectivity index (χ1v) is 9.12. The quantitative estimate of drug-likeness (QED) is 0.717. The van der Waals surface area contributed by atoms with Gasteiger partial charge in [0.05, 0.1) is 6.54 Å². The number of para-hydroxylation sites is 2. The van der Waals surface area contributed by atoms with Crippen molar-refractivity contribution < 1.29 is 14.3 Å². The van der Waals surface area contributed by atoms with Crippen molar-refractivity contribution in [3.05, 3.63) is 95.6 Å². The summed E-state index contributed by atoms with van der Waals surface area (Å²) in [5.41, 5.74) is 2.41. The Morgan fingerprint density at radius 3 is 2.25 bits per heavy atom. The highest BCUT2D eigenvalue weighted by atomic mass is 16.6. The molecule has 0 radical (unpaired) electrons. The zero-order valence-corrected chi connectivity index (χ0v) is 15.2. The van der Waals surface area contributed by atoms with Crippen LogP contribution < -0.4 is 14.8 Å². The zero-order valence-electron chi connectivity index (χ0n) is 15.2. The van der Waals surface area contributed by atoms with Crippen LogP contribution in [0.3, 0.4) is 0 Å². The molecule has 1 amide bonds. The molecular weight excluding hydrogens is 350 g/mol. The Bertz CT molecular complexity index is 1020. The largest absolute Gasteiger partial charge is 0.486 e. The van der Waals surface area contributed by atoms with Crippen molar-refractivity contribution in [2.24, 2.45) is 0 Å². The van der Waals surface area contributed by atoms with E-state index in [0.29, 0.717) is 24.5 Å². The highest BCUT2D eigenvalue weighted by Gasteiger charge is 2.21. The topological polar surface area (TPSA) is 47.6 Å². The number of carbonyl (C=O) groups excluding carboxylic acids is 1. The Hall–Kier alpha value is -3.71. The number of ether oxygens (including phenoxy) is 2. The van der Waals surface area contributed by atoms with Gasteiger partial charge in [0.25, 0.3) is 5.91 Å². The smallest absolute Gasteiger partial charge is 0.251 e. The maximum absolute atomic E-state index is 12.4. The van der Waals surface area contributed by atoms with Gasteiger partial charge in [0.1, 0.15) is 12.7 Å². The third-order valence-electron chi connectivity index (χ3n) is 4.33. The average molecular weight is 369 g/mol. The van der Waals surface area contributed by atoms with Crippen molar-refractivity contribution in [3.63, 3.8) is 0 Å². The van der Waals surface area contributed by atoms with Crippen LogP contribution >= 0.6 is 0 Å². The molecule has 1 aliphatic rings. The third kappa shape index (κ3) is 4.33. The molecule has 4 rings (SSSR count). The normalized spacial score (nSPS) is 14.5. The van der Waals surface area contributed by atoms with Crippen LogP contribution in [0.2, 0.25) is 0 Å². The fourth-order valence-electron chi connectivity index (χ4n) is 2.84. The summed E-state index contributed by atoms with van der Waals surface area (Å²) >= 11 is 0. The first-order chi connectivity index (χ1) is 13.8. The molecule has 3 aromatic carbocycles. The molecule has 1 unspecified atom stereocenters. The molecule has 4 heteroatoms. The maximum Gasteiger partial charge on any atom is 0.251 e. The first kappa shape index (κ1) is 17.7. The van der Waals surface area contributed by atoms with Gasteiger partial charge >= 0.3 is 0 Å². The van der Waals surface area contributed by atoms with Gasteiger partial charge in [0.15, 0.2) is 11.5 Å². The van der Waals surface area contributed by atoms with Crippen molar-refractivity contribution in [2.45, 2.75) is 6.10 Å². The van der Waals surface area contributed by atoms with E-state index < -0.39 is 0 Å². The summed E-state index contributed by atoms with van der Waals surface area (Å²) in [6.45, 7) is 0.786. The number of amides is 1. The number of benzene rings is 3. The number of carbonyl (C=O) groups is 1. The highest BCUT2D eigenvalue weighted by molar-refractivity contribution is 5.94. The summed E-state index contributed by atoms with van der Waals surface area (Å²) in [5.74, 6) is 7.50. The van der Waals surface area contributed by atoms with Crippen LogP contribution in [0.5, 0.6) is 11.5 Å². The molecule has 1 N–H and O–H groups in total. The second-order valence-corrected chi connectivity index (χ2v) is 6.40. The van der Waals surface area contributed by atoms with E-state index in [9.17, 15) is 4.79 Å². The summed E-state index contributed by atoms with van der Waals surface area (Å²) in [6.07, 6.45) is -0.213. The fourth-order valence-corrected chi connectivity index (χ4v) is 2.84. The van der Waals surface area contributed by atoms with Gasteiger partial charge in [0, 0.05) is 16.7 Å². The van der Waals surface area contributed by atoms with E-state index in [-0.39, 0.29) is 12.0 Å². The molecule has 0 fully saturated rings. The Labute approximate surface area is 164 Å². The molecule has 1 atom stereocenters. The molecule has 0 spiro atoms. The number of rotatable bonds is 3. The van der Waals surface area contributed by atoms with Crippen molar-refractivity contribution in [1.82, 2.24) is 5.32 Å². The van der Waals surface area contributed by atoms with Crippen LogP contribution in [0, 0.1) is 11.8 Å². The van der Waals surface area contributed by atoms with E-state index in [2.05, 4.69) is 17.2 Å². The van der Waals surface area contributed by atoms with Gasteiger partial charge in [-0.1, -0.05) is 42.2 Å². The van der Waals surface area contributed by atoms with Gasteiger partial charge in [-0.25, -0.2) is 0 Å². The summed E-state index contributed by atoms with van der Waals surface area (Å²) in [5, 5.41) is 2.90. The lowest BCUT2D eigenvalue weighted by atomic mass is 10.1. The van der Waals surface area contributed by atoms with E-state index >= 15 is 0 Å². The summed E-state index contributed by atoms with van der Waals surface area (Å²) in [7, 11) is 0. The molecule has 3 aromatic rings. The number of fused-ring (bicyclic) bond motifs is 1. The summed E-state index contributed by atoms with van der Waals surface area (Å²) in [4.78, 5) is 12.4. The summed E-state index contributed by atoms with van der Waals surface area (Å²) < 4.78 is 11.5. The van der Waals surface area contributed by atoms with Gasteiger partial charge in [-0.05, 0) is 48.5 Å². The van der Waals surface area contributed by atoms with E-state index in [1.807, 2.05) is 66.7 Å². The molecule has 0 aliphatic carbocycles. The predicted octanol–water partition coefficient (Wildman–Crippen LogP) is 3.66. The van der Waals surface area contributed by atoms with Crippen molar-refractivity contribution >= 4 is 5.91 Å². The van der Waals surface area contributed by atoms with Gasteiger partial charge in [-0.15, -0.1) is 0 Å². The van der Waals surface area contributed by atoms with Crippen LogP contribution in [0.1, 0.15) is 21.5 Å². The van der Waals surface area contributed by atoms with Gasteiger partial charge in [-0.3, -0.25) is 4.79 Å². The molecule has 0 saturated carbocycles. The second kappa shape index (κ2) is 8.32. The Morgan fingerprint density at radius 2 is 1.50 bits per heavy atom. The van der Waals surface area contributed by atoms with E-state index in [0.717, 1.165) is 16.9 Å². The number of hydrogen-bond acceptors (Lipinski definition) is 3. The maximum atomic E-state index is 12.4. The average Bonchev–Trinajstić information content (AvgIpc) is 2.77. The lowest BCUT2D eigenvalue weighted by Crippen LogP contribution is -2.40. The van der Waals surface area contributed by atoms with Crippen molar-refractivity contribution in [2.75, 3.05) is 13.2 Å². The predicted molar refractivity (Wildman–Crippen MR) is 108 cm³/mol. The Morgan fingerprint density at radius 1 is 0.857 bits per heavy atom. The molecule has 28 heavy (non-hydrogen) atoms. The van der Waals surface area contributed by atoms with E-state index in [4.69, 9.17) is 9.47 Å². The van der Waals surface area contributed by atoms with Crippen molar-refractivity contribution in [1.29, 1.82) is 0 Å². The molecular formula is C24H19NO3. The Balaban J connectivity index is 1.32. The first-order valence-electron chi connectivity index (χ1n) is 9.12. The van der Waals surface area contributed by atoms with Gasteiger partial charge < -0.3 is 14.8 Å². The van der Waals surface area contributed by atoms with Crippen molar-refractivity contribution in [3.8, 4) is 23.3 Å². The zero-order chi connectivity index (χ0) is 19.2. The Kier molecular flexibility index (Phi) is 5.26. The molecule has 0 saturated heterocycles. The highest BCUT2D eigenvalue weighted by Crippen LogP contribution is 2.30. The number of hydrogen-bond donors (Lipinski definition) is 1. The monoisotopic (exact) mass is 369 g/mol. The van der Waals surface area contributed by atoms with Gasteiger partial charge in [0.2, 0.25) is 0 Å². The van der Waals surface area contributed by atoms with E-state index in [1.165, 1.54) is 0 Å². The van der Waals surface area contributed by atoms with E-state index in [1.54, 1.807) is 12.1 Å². The third-order valence-corrected chi connectivity index (χ3v) is 4.33. The molecule has 4 nitrogen and oxygen atoms in total. The summed E-state index contributed by atoms with van der Waals surface area (Å²) in [6, 6.07) is 24.6. The number of nitrogens with one attached hydrogen (secondary N) is 1. The minimum atomic E-state index is -0.213. The lowest BCUT2D eigenvalue weighted by molar-refractivity contribution is 0.0789. The molecule has 0 bridgehead atoms. The standard InChI is InChI=1S/C24H19NO3/c26-24(25-16-21-17-27-22-8-4-5-9-23(22)28-21)20-14-12-19(13-15-20)11-10-18-6-2-1-3-7-18/h1-9,12-15,21H,16-17H2,(H,25,26). The SMILES string of the molecule is O=C(NCC1COc2ccccc2O1)c1ccc(C#Cc2ccccc2)cc1. The van der Waals surface area contributed by atoms with Crippen LogP contribution in [0.15, 0.2) is 78.9 Å². The lowest BCUT2D eigenvalue weighted by Gasteiger charge is -2.26. The van der Waals surface area contributed by atoms with Gasteiger partial charge in [-0.2, -0.15) is 0 Å². The minimum absolute atomic E-state index is 0.148. The van der Waals surface area contributed by atoms with Crippen LogP contribution in [-0.4, -0.2) is 25.2 Å². The van der Waals surface area contributed by atoms with Crippen LogP contribution in [0.4, 0.5) is 0 Å². The molecule has 1 aliphatic heterocycles. The van der Waals surface area contributed by atoms with Crippen LogP contribution in [-0.2, 0) is 0 Å². The molecule has 1 heterocycles. The molecule has 138 valence electrons.